The third-order valence-corrected chi connectivity index (χ3v) is 4.68. The summed E-state index contributed by atoms with van der Waals surface area (Å²) in [6.07, 6.45) is 0.330. The predicted molar refractivity (Wildman–Crippen MR) is 85.0 cm³/mol. The fourth-order valence-electron chi connectivity index (χ4n) is 3.30. The van der Waals surface area contributed by atoms with Crippen LogP contribution < -0.4 is 5.32 Å². The van der Waals surface area contributed by atoms with Gasteiger partial charge < -0.3 is 15.0 Å². The van der Waals surface area contributed by atoms with Crippen LogP contribution in [0.25, 0.3) is 0 Å². The minimum absolute atomic E-state index is 0.169. The van der Waals surface area contributed by atoms with Crippen molar-refractivity contribution in [2.75, 3.05) is 26.2 Å². The topological polar surface area (TPSA) is 70.2 Å². The van der Waals surface area contributed by atoms with Crippen LogP contribution in [0.1, 0.15) is 33.4 Å². The van der Waals surface area contributed by atoms with E-state index < -0.39 is 17.7 Å². The van der Waals surface area contributed by atoms with E-state index in [0.717, 1.165) is 36.4 Å². The Hall–Kier alpha value is -2.32. The molecule has 3 heterocycles. The van der Waals surface area contributed by atoms with E-state index in [1.807, 2.05) is 0 Å². The maximum absolute atomic E-state index is 13.5. The highest BCUT2D eigenvalue weighted by Gasteiger charge is 2.30. The van der Waals surface area contributed by atoms with E-state index in [1.54, 1.807) is 4.90 Å². The Kier molecular flexibility index (Phi) is 4.22. The summed E-state index contributed by atoms with van der Waals surface area (Å²) < 4.78 is 32.2. The number of hydrogen-bond donors (Lipinski definition) is 2. The van der Waals surface area contributed by atoms with Gasteiger partial charge in [-0.25, -0.2) is 8.78 Å². The van der Waals surface area contributed by atoms with Gasteiger partial charge in [0, 0.05) is 37.3 Å². The van der Waals surface area contributed by atoms with Crippen molar-refractivity contribution < 1.29 is 18.3 Å². The number of carbonyl (C=O) groups excluding carboxylic acids is 1. The molecule has 0 spiro atoms. The Labute approximate surface area is 143 Å². The van der Waals surface area contributed by atoms with Crippen LogP contribution in [0, 0.1) is 11.6 Å². The molecule has 2 aliphatic rings. The third kappa shape index (κ3) is 3.03. The van der Waals surface area contributed by atoms with Crippen LogP contribution in [-0.4, -0.2) is 47.2 Å². The number of hydrogen-bond acceptors (Lipinski definition) is 4. The summed E-state index contributed by atoms with van der Waals surface area (Å²) in [6.45, 7) is 2.52. The lowest BCUT2D eigenvalue weighted by molar-refractivity contribution is -0.0232. The minimum Gasteiger partial charge on any atom is -0.370 e. The second-order valence-corrected chi connectivity index (χ2v) is 6.24. The number of aromatic amines is 1. The number of aromatic nitrogens is 2. The Morgan fingerprint density at radius 2 is 2.20 bits per heavy atom. The first-order chi connectivity index (χ1) is 12.1. The van der Waals surface area contributed by atoms with Gasteiger partial charge in [0.05, 0.1) is 13.2 Å². The Morgan fingerprint density at radius 3 is 3.04 bits per heavy atom. The quantitative estimate of drug-likeness (QED) is 0.864. The molecule has 2 N–H and O–H groups in total. The lowest BCUT2D eigenvalue weighted by Crippen LogP contribution is -2.43. The monoisotopic (exact) mass is 348 g/mol. The summed E-state index contributed by atoms with van der Waals surface area (Å²) in [7, 11) is 0. The van der Waals surface area contributed by atoms with Gasteiger partial charge in [-0.1, -0.05) is 6.07 Å². The summed E-state index contributed by atoms with van der Waals surface area (Å²) in [5, 5.41) is 10.4. The van der Waals surface area contributed by atoms with E-state index in [4.69, 9.17) is 4.74 Å². The number of H-pyrrole nitrogens is 1. The molecule has 2 aromatic rings. The van der Waals surface area contributed by atoms with Crippen LogP contribution in [-0.2, 0) is 17.7 Å². The molecule has 132 valence electrons. The molecule has 1 atom stereocenters. The summed E-state index contributed by atoms with van der Waals surface area (Å²) in [5.74, 6) is -1.99. The third-order valence-electron chi connectivity index (χ3n) is 4.68. The molecule has 0 aliphatic carbocycles. The van der Waals surface area contributed by atoms with E-state index in [0.29, 0.717) is 31.0 Å². The number of fused-ring (bicyclic) bond motifs is 1. The van der Waals surface area contributed by atoms with Gasteiger partial charge >= 0.3 is 0 Å². The second kappa shape index (κ2) is 6.53. The largest absolute Gasteiger partial charge is 0.370 e. The lowest BCUT2D eigenvalue weighted by Gasteiger charge is -2.33. The number of morpholine rings is 1. The molecule has 1 aromatic carbocycles. The van der Waals surface area contributed by atoms with Crippen molar-refractivity contribution in [1.29, 1.82) is 0 Å². The normalized spacial score (nSPS) is 20.4. The molecule has 4 rings (SSSR count). The first-order valence-electron chi connectivity index (χ1n) is 8.26. The molecular formula is C17H18F2N4O2. The first-order valence-corrected chi connectivity index (χ1v) is 8.26. The molecule has 0 saturated carbocycles. The lowest BCUT2D eigenvalue weighted by atomic mass is 10.0. The summed E-state index contributed by atoms with van der Waals surface area (Å²) in [6, 6.07) is 3.68. The number of nitrogens with one attached hydrogen (secondary N) is 2. The molecule has 25 heavy (non-hydrogen) atoms. The predicted octanol–water partition coefficient (Wildman–Crippen LogP) is 1.55. The molecule has 8 heteroatoms. The van der Waals surface area contributed by atoms with Crippen molar-refractivity contribution in [3.63, 3.8) is 0 Å². The van der Waals surface area contributed by atoms with Crippen LogP contribution in [0.3, 0.4) is 0 Å². The van der Waals surface area contributed by atoms with Crippen LogP contribution in [0.5, 0.6) is 0 Å². The van der Waals surface area contributed by atoms with Crippen molar-refractivity contribution in [2.24, 2.45) is 0 Å². The zero-order valence-electron chi connectivity index (χ0n) is 13.5. The van der Waals surface area contributed by atoms with Gasteiger partial charge in [-0.2, -0.15) is 5.10 Å². The number of nitrogens with zero attached hydrogens (tertiary/aromatic N) is 2. The van der Waals surface area contributed by atoms with Gasteiger partial charge in [-0.15, -0.1) is 0 Å². The molecule has 1 fully saturated rings. The SMILES string of the molecule is O=C(c1n[nH]c2c1CNCC2)N1CCOC(c2ccc(F)c(F)c2)C1. The second-order valence-electron chi connectivity index (χ2n) is 6.24. The fourth-order valence-corrected chi connectivity index (χ4v) is 3.30. The molecule has 2 aliphatic heterocycles. The van der Waals surface area contributed by atoms with Crippen molar-refractivity contribution in [2.45, 2.75) is 19.1 Å². The van der Waals surface area contributed by atoms with Crippen molar-refractivity contribution in [3.8, 4) is 0 Å². The molecule has 6 nitrogen and oxygen atoms in total. The highest BCUT2D eigenvalue weighted by atomic mass is 19.2. The van der Waals surface area contributed by atoms with Crippen LogP contribution in [0.2, 0.25) is 0 Å². The maximum atomic E-state index is 13.5. The number of carbonyl (C=O) groups is 1. The number of rotatable bonds is 2. The molecule has 1 unspecified atom stereocenters. The van der Waals surface area contributed by atoms with Gasteiger partial charge in [-0.05, 0) is 17.7 Å². The Bertz CT molecular complexity index is 808. The summed E-state index contributed by atoms with van der Waals surface area (Å²) in [4.78, 5) is 14.5. The fraction of sp³-hybridized carbons (Fsp3) is 0.412. The van der Waals surface area contributed by atoms with E-state index in [-0.39, 0.29) is 12.5 Å². The zero-order valence-corrected chi connectivity index (χ0v) is 13.5. The minimum atomic E-state index is -0.919. The molecule has 1 aromatic heterocycles. The summed E-state index contributed by atoms with van der Waals surface area (Å²) >= 11 is 0. The maximum Gasteiger partial charge on any atom is 0.274 e. The summed E-state index contributed by atoms with van der Waals surface area (Å²) in [5.41, 5.74) is 2.84. The van der Waals surface area contributed by atoms with Crippen LogP contribution in [0.15, 0.2) is 18.2 Å². The van der Waals surface area contributed by atoms with Crippen molar-refractivity contribution in [3.05, 3.63) is 52.3 Å². The van der Waals surface area contributed by atoms with Crippen LogP contribution in [0.4, 0.5) is 8.78 Å². The zero-order chi connectivity index (χ0) is 17.4. The van der Waals surface area contributed by atoms with Gasteiger partial charge in [-0.3, -0.25) is 9.89 Å². The first kappa shape index (κ1) is 16.2. The number of ether oxygens (including phenoxy) is 1. The number of benzene rings is 1. The smallest absolute Gasteiger partial charge is 0.274 e. The average Bonchev–Trinajstić information content (AvgIpc) is 3.07. The van der Waals surface area contributed by atoms with Gasteiger partial charge in [0.25, 0.3) is 5.91 Å². The average molecular weight is 348 g/mol. The van der Waals surface area contributed by atoms with Gasteiger partial charge in [0.15, 0.2) is 17.3 Å². The standard InChI is InChI=1S/C17H18F2N4O2/c18-12-2-1-10(7-13(12)19)15-9-23(5-6-25-15)17(24)16-11-8-20-4-3-14(11)21-22-16/h1-2,7,15,20H,3-6,8-9H2,(H,21,22). The molecule has 1 amide bonds. The van der Waals surface area contributed by atoms with Crippen molar-refractivity contribution >= 4 is 5.91 Å². The van der Waals surface area contributed by atoms with E-state index >= 15 is 0 Å². The van der Waals surface area contributed by atoms with E-state index in [2.05, 4.69) is 15.5 Å². The highest BCUT2D eigenvalue weighted by molar-refractivity contribution is 5.94. The van der Waals surface area contributed by atoms with Crippen LogP contribution >= 0.6 is 0 Å². The molecular weight excluding hydrogens is 330 g/mol. The number of halogens is 2. The number of amides is 1. The highest BCUT2D eigenvalue weighted by Crippen LogP contribution is 2.25. The van der Waals surface area contributed by atoms with Gasteiger partial charge in [0.1, 0.15) is 6.10 Å². The van der Waals surface area contributed by atoms with Gasteiger partial charge in [0.2, 0.25) is 0 Å². The van der Waals surface area contributed by atoms with E-state index in [9.17, 15) is 13.6 Å². The molecule has 1 saturated heterocycles. The van der Waals surface area contributed by atoms with Crippen molar-refractivity contribution in [1.82, 2.24) is 20.4 Å². The molecule has 0 radical (unpaired) electrons. The Balaban J connectivity index is 1.53. The Morgan fingerprint density at radius 1 is 1.32 bits per heavy atom. The van der Waals surface area contributed by atoms with E-state index in [1.165, 1.54) is 6.07 Å². The molecule has 0 bridgehead atoms.